The molecule has 3 nitrogen and oxygen atoms in total. The van der Waals surface area contributed by atoms with Gasteiger partial charge in [-0.15, -0.1) is 0 Å². The summed E-state index contributed by atoms with van der Waals surface area (Å²) in [6.45, 7) is 4.09. The third kappa shape index (κ3) is 6.50. The van der Waals surface area contributed by atoms with E-state index in [1.165, 1.54) is 6.42 Å². The number of hydrogen-bond donors (Lipinski definition) is 1. The highest BCUT2D eigenvalue weighted by atomic mass is 127. The standard InChI is InChI=1S/C5H14IN3/c1-3-4-8(2)5-9(6)7/h3-5,7H2,1-2H3. The molecular weight excluding hydrogens is 229 g/mol. The van der Waals surface area contributed by atoms with Gasteiger partial charge in [-0.2, -0.15) is 3.22 Å². The van der Waals surface area contributed by atoms with E-state index < -0.39 is 0 Å². The fraction of sp³-hybridized carbons (Fsp3) is 1.00. The van der Waals surface area contributed by atoms with Crippen molar-refractivity contribution in [3.8, 4) is 0 Å². The summed E-state index contributed by atoms with van der Waals surface area (Å²) in [5.41, 5.74) is 0. The number of halogens is 1. The van der Waals surface area contributed by atoms with Gasteiger partial charge in [0.1, 0.15) is 0 Å². The first kappa shape index (κ1) is 9.61. The van der Waals surface area contributed by atoms with Crippen molar-refractivity contribution < 1.29 is 0 Å². The molecule has 0 spiro atoms. The predicted molar refractivity (Wildman–Crippen MR) is 47.8 cm³/mol. The molecule has 0 rings (SSSR count). The molecule has 0 radical (unpaired) electrons. The van der Waals surface area contributed by atoms with Crippen LogP contribution >= 0.6 is 22.9 Å². The van der Waals surface area contributed by atoms with Crippen molar-refractivity contribution in [3.05, 3.63) is 0 Å². The first-order valence-corrected chi connectivity index (χ1v) is 4.00. The van der Waals surface area contributed by atoms with Crippen LogP contribution < -0.4 is 5.84 Å². The van der Waals surface area contributed by atoms with Gasteiger partial charge in [0.05, 0.1) is 6.67 Å². The molecule has 4 heteroatoms. The lowest BCUT2D eigenvalue weighted by molar-refractivity contribution is 0.259. The predicted octanol–water partition coefficient (Wildman–Crippen LogP) is 0.811. The summed E-state index contributed by atoms with van der Waals surface area (Å²) in [6, 6.07) is 0. The molecule has 0 aliphatic rings. The Kier molecular flexibility index (Phi) is 5.77. The van der Waals surface area contributed by atoms with E-state index in [1.54, 1.807) is 3.22 Å². The molecule has 0 saturated heterocycles. The van der Waals surface area contributed by atoms with Crippen LogP contribution in [0.5, 0.6) is 0 Å². The Morgan fingerprint density at radius 2 is 2.11 bits per heavy atom. The van der Waals surface area contributed by atoms with Crippen molar-refractivity contribution in [2.45, 2.75) is 13.3 Å². The van der Waals surface area contributed by atoms with Gasteiger partial charge in [0, 0.05) is 22.9 Å². The van der Waals surface area contributed by atoms with E-state index in [-0.39, 0.29) is 0 Å². The molecule has 0 amide bonds. The molecule has 0 bridgehead atoms. The summed E-state index contributed by atoms with van der Waals surface area (Å²) < 4.78 is 1.65. The zero-order valence-corrected chi connectivity index (χ0v) is 8.13. The van der Waals surface area contributed by atoms with Crippen LogP contribution in [-0.2, 0) is 0 Å². The lowest BCUT2D eigenvalue weighted by atomic mass is 10.5. The van der Waals surface area contributed by atoms with Gasteiger partial charge in [0.2, 0.25) is 0 Å². The Labute approximate surface area is 70.6 Å². The largest absolute Gasteiger partial charge is 0.292 e. The molecule has 56 valence electrons. The molecule has 0 unspecified atom stereocenters. The van der Waals surface area contributed by atoms with E-state index in [0.717, 1.165) is 13.2 Å². The molecule has 0 atom stereocenters. The minimum absolute atomic E-state index is 0.828. The summed E-state index contributed by atoms with van der Waals surface area (Å²) in [7, 11) is 2.06. The highest BCUT2D eigenvalue weighted by Gasteiger charge is 1.97. The highest BCUT2D eigenvalue weighted by molar-refractivity contribution is 14.1. The molecule has 0 aliphatic carbocycles. The zero-order chi connectivity index (χ0) is 7.28. The molecular formula is C5H14IN3. The summed E-state index contributed by atoms with van der Waals surface area (Å²) in [5, 5.41) is 0. The summed E-state index contributed by atoms with van der Waals surface area (Å²) in [4.78, 5) is 2.17. The van der Waals surface area contributed by atoms with E-state index in [9.17, 15) is 0 Å². The van der Waals surface area contributed by atoms with Crippen molar-refractivity contribution in [1.29, 1.82) is 0 Å². The number of hydrogen-bond acceptors (Lipinski definition) is 3. The van der Waals surface area contributed by atoms with E-state index in [0.29, 0.717) is 0 Å². The van der Waals surface area contributed by atoms with Gasteiger partial charge in [-0.3, -0.25) is 10.7 Å². The van der Waals surface area contributed by atoms with Crippen LogP contribution in [0.2, 0.25) is 0 Å². The molecule has 0 heterocycles. The summed E-state index contributed by atoms with van der Waals surface area (Å²) in [5.74, 6) is 5.40. The van der Waals surface area contributed by atoms with Crippen LogP contribution in [0.1, 0.15) is 13.3 Å². The van der Waals surface area contributed by atoms with Crippen LogP contribution in [0.3, 0.4) is 0 Å². The maximum absolute atomic E-state index is 5.40. The Morgan fingerprint density at radius 1 is 1.56 bits per heavy atom. The van der Waals surface area contributed by atoms with Crippen LogP contribution in [-0.4, -0.2) is 28.4 Å². The fourth-order valence-electron chi connectivity index (χ4n) is 0.683. The van der Waals surface area contributed by atoms with Crippen molar-refractivity contribution in [1.82, 2.24) is 8.12 Å². The quantitative estimate of drug-likeness (QED) is 0.261. The normalized spacial score (nSPS) is 11.3. The van der Waals surface area contributed by atoms with Crippen molar-refractivity contribution >= 4 is 22.9 Å². The minimum Gasteiger partial charge on any atom is -0.292 e. The van der Waals surface area contributed by atoms with Gasteiger partial charge < -0.3 is 0 Å². The number of hydrazine groups is 1. The fourth-order valence-corrected chi connectivity index (χ4v) is 1.20. The zero-order valence-electron chi connectivity index (χ0n) is 5.97. The third-order valence-corrected chi connectivity index (χ3v) is 1.29. The number of nitrogens with zero attached hydrogens (tertiary/aromatic N) is 2. The van der Waals surface area contributed by atoms with Crippen LogP contribution in [0, 0.1) is 0 Å². The van der Waals surface area contributed by atoms with E-state index in [1.807, 2.05) is 0 Å². The molecule has 0 fully saturated rings. The highest BCUT2D eigenvalue weighted by Crippen LogP contribution is 1.92. The van der Waals surface area contributed by atoms with Gasteiger partial charge in [0.25, 0.3) is 0 Å². The van der Waals surface area contributed by atoms with Crippen LogP contribution in [0.15, 0.2) is 0 Å². The van der Waals surface area contributed by atoms with E-state index in [2.05, 4.69) is 41.7 Å². The van der Waals surface area contributed by atoms with Crippen LogP contribution in [0.25, 0.3) is 0 Å². The maximum Gasteiger partial charge on any atom is 0.0747 e. The molecule has 0 saturated carbocycles. The smallest absolute Gasteiger partial charge is 0.0747 e. The number of nitrogens with two attached hydrogens (primary N) is 1. The first-order chi connectivity index (χ1) is 4.16. The second kappa shape index (κ2) is 5.40. The van der Waals surface area contributed by atoms with Crippen LogP contribution in [0.4, 0.5) is 0 Å². The topological polar surface area (TPSA) is 32.5 Å². The van der Waals surface area contributed by atoms with Gasteiger partial charge in [-0.25, -0.2) is 0 Å². The third-order valence-electron chi connectivity index (χ3n) is 0.982. The molecule has 0 aliphatic heterocycles. The Morgan fingerprint density at radius 3 is 2.44 bits per heavy atom. The molecule has 0 aromatic heterocycles. The van der Waals surface area contributed by atoms with Crippen molar-refractivity contribution in [3.63, 3.8) is 0 Å². The molecule has 2 N–H and O–H groups in total. The van der Waals surface area contributed by atoms with Gasteiger partial charge >= 0.3 is 0 Å². The van der Waals surface area contributed by atoms with Gasteiger partial charge in [-0.1, -0.05) is 6.92 Å². The maximum atomic E-state index is 5.40. The Balaban J connectivity index is 3.15. The lowest BCUT2D eigenvalue weighted by Crippen LogP contribution is -2.33. The second-order valence-electron chi connectivity index (χ2n) is 2.12. The van der Waals surface area contributed by atoms with E-state index in [4.69, 9.17) is 5.84 Å². The van der Waals surface area contributed by atoms with Gasteiger partial charge in [-0.05, 0) is 20.0 Å². The SMILES string of the molecule is CCCN(C)CN(N)I. The monoisotopic (exact) mass is 243 g/mol. The Hall–Kier alpha value is 0.610. The lowest BCUT2D eigenvalue weighted by Gasteiger charge is -2.17. The summed E-state index contributed by atoms with van der Waals surface area (Å²) in [6.07, 6.45) is 1.18. The summed E-state index contributed by atoms with van der Waals surface area (Å²) >= 11 is 2.07. The molecule has 0 aromatic carbocycles. The van der Waals surface area contributed by atoms with Crippen molar-refractivity contribution in [2.24, 2.45) is 5.84 Å². The molecule has 9 heavy (non-hydrogen) atoms. The first-order valence-electron chi connectivity index (χ1n) is 3.03. The number of rotatable bonds is 4. The van der Waals surface area contributed by atoms with E-state index >= 15 is 0 Å². The minimum atomic E-state index is 0.828. The van der Waals surface area contributed by atoms with Gasteiger partial charge in [0.15, 0.2) is 0 Å². The van der Waals surface area contributed by atoms with Crippen molar-refractivity contribution in [2.75, 3.05) is 20.3 Å². The average molecular weight is 243 g/mol. The Bertz CT molecular complexity index is 67.2. The molecule has 0 aromatic rings. The average Bonchev–Trinajstić information content (AvgIpc) is 1.63. The second-order valence-corrected chi connectivity index (χ2v) is 3.36.